The standard InChI is InChI=1S/C12H18N2O/c13-8-3-11(15)14-9-6-12(7-10-14)4-1-2-5-12/h1-7,9-10H2. The Bertz CT molecular complexity index is 276. The Morgan fingerprint density at radius 2 is 1.80 bits per heavy atom. The van der Waals surface area contributed by atoms with Crippen molar-refractivity contribution in [2.45, 2.75) is 44.9 Å². The van der Waals surface area contributed by atoms with Crippen molar-refractivity contribution in [2.24, 2.45) is 5.41 Å². The highest BCUT2D eigenvalue weighted by Gasteiger charge is 2.37. The zero-order valence-corrected chi connectivity index (χ0v) is 9.17. The Balaban J connectivity index is 1.86. The summed E-state index contributed by atoms with van der Waals surface area (Å²) in [6.45, 7) is 1.75. The first-order chi connectivity index (χ1) is 7.26. The number of likely N-dealkylation sites (tertiary alicyclic amines) is 1. The van der Waals surface area contributed by atoms with Gasteiger partial charge in [0, 0.05) is 13.1 Å². The fourth-order valence-electron chi connectivity index (χ4n) is 3.03. The summed E-state index contributed by atoms with van der Waals surface area (Å²) >= 11 is 0. The molecule has 0 aromatic rings. The fraction of sp³-hybridized carbons (Fsp3) is 0.833. The molecular formula is C12H18N2O. The molecule has 82 valence electrons. The van der Waals surface area contributed by atoms with Gasteiger partial charge in [-0.3, -0.25) is 4.79 Å². The first-order valence-electron chi connectivity index (χ1n) is 5.91. The zero-order chi connectivity index (χ0) is 10.7. The minimum absolute atomic E-state index is 0.0188. The van der Waals surface area contributed by atoms with E-state index in [1.54, 1.807) is 0 Å². The molecule has 0 aromatic heterocycles. The van der Waals surface area contributed by atoms with Crippen molar-refractivity contribution in [3.05, 3.63) is 0 Å². The third-order valence-corrected chi connectivity index (χ3v) is 4.07. The largest absolute Gasteiger partial charge is 0.342 e. The van der Waals surface area contributed by atoms with E-state index in [0.717, 1.165) is 25.9 Å². The number of carbonyl (C=O) groups excluding carboxylic acids is 1. The second kappa shape index (κ2) is 4.22. The van der Waals surface area contributed by atoms with Crippen molar-refractivity contribution < 1.29 is 4.79 Å². The van der Waals surface area contributed by atoms with Crippen LogP contribution < -0.4 is 0 Å². The van der Waals surface area contributed by atoms with Gasteiger partial charge in [0.25, 0.3) is 0 Å². The molecule has 2 rings (SSSR count). The maximum absolute atomic E-state index is 11.5. The van der Waals surface area contributed by atoms with Crippen molar-refractivity contribution in [3.63, 3.8) is 0 Å². The SMILES string of the molecule is N#CCC(=O)N1CCC2(CCCC2)CC1. The third kappa shape index (κ3) is 2.14. The molecule has 1 amide bonds. The van der Waals surface area contributed by atoms with Crippen LogP contribution in [-0.4, -0.2) is 23.9 Å². The molecule has 1 saturated heterocycles. The highest BCUT2D eigenvalue weighted by atomic mass is 16.2. The van der Waals surface area contributed by atoms with Gasteiger partial charge in [0.1, 0.15) is 6.42 Å². The van der Waals surface area contributed by atoms with Crippen LogP contribution in [0.1, 0.15) is 44.9 Å². The molecule has 1 aliphatic heterocycles. The topological polar surface area (TPSA) is 44.1 Å². The van der Waals surface area contributed by atoms with Crippen LogP contribution in [0.25, 0.3) is 0 Å². The van der Waals surface area contributed by atoms with Crippen molar-refractivity contribution in [1.29, 1.82) is 5.26 Å². The van der Waals surface area contributed by atoms with E-state index < -0.39 is 0 Å². The highest BCUT2D eigenvalue weighted by Crippen LogP contribution is 2.46. The van der Waals surface area contributed by atoms with Gasteiger partial charge < -0.3 is 4.90 Å². The van der Waals surface area contributed by atoms with Gasteiger partial charge >= 0.3 is 0 Å². The van der Waals surface area contributed by atoms with Gasteiger partial charge in [0.05, 0.1) is 6.07 Å². The maximum Gasteiger partial charge on any atom is 0.236 e. The normalized spacial score (nSPS) is 24.1. The van der Waals surface area contributed by atoms with Crippen LogP contribution in [0, 0.1) is 16.7 Å². The van der Waals surface area contributed by atoms with E-state index in [4.69, 9.17) is 5.26 Å². The average molecular weight is 206 g/mol. The van der Waals surface area contributed by atoms with Gasteiger partial charge in [0.15, 0.2) is 0 Å². The number of hydrogen-bond acceptors (Lipinski definition) is 2. The van der Waals surface area contributed by atoms with Gasteiger partial charge in [0.2, 0.25) is 5.91 Å². The lowest BCUT2D eigenvalue weighted by Gasteiger charge is -2.39. The van der Waals surface area contributed by atoms with Crippen molar-refractivity contribution in [3.8, 4) is 6.07 Å². The van der Waals surface area contributed by atoms with E-state index in [0.29, 0.717) is 5.41 Å². The van der Waals surface area contributed by atoms with E-state index in [-0.39, 0.29) is 12.3 Å². The molecule has 0 aromatic carbocycles. The van der Waals surface area contributed by atoms with Crippen LogP contribution in [0.2, 0.25) is 0 Å². The molecule has 0 N–H and O–H groups in total. The molecular weight excluding hydrogens is 188 g/mol. The van der Waals surface area contributed by atoms with E-state index >= 15 is 0 Å². The molecule has 1 heterocycles. The zero-order valence-electron chi connectivity index (χ0n) is 9.17. The van der Waals surface area contributed by atoms with Crippen LogP contribution in [0.4, 0.5) is 0 Å². The first kappa shape index (κ1) is 10.5. The van der Waals surface area contributed by atoms with Gasteiger partial charge in [-0.05, 0) is 31.1 Å². The molecule has 1 aliphatic carbocycles. The predicted molar refractivity (Wildman–Crippen MR) is 56.9 cm³/mol. The van der Waals surface area contributed by atoms with Crippen molar-refractivity contribution >= 4 is 5.91 Å². The molecule has 3 heteroatoms. The quantitative estimate of drug-likeness (QED) is 0.659. The molecule has 0 unspecified atom stereocenters. The summed E-state index contributed by atoms with van der Waals surface area (Å²) in [6.07, 6.45) is 7.81. The van der Waals surface area contributed by atoms with Gasteiger partial charge in [-0.1, -0.05) is 12.8 Å². The van der Waals surface area contributed by atoms with Crippen LogP contribution in [0.3, 0.4) is 0 Å². The highest BCUT2D eigenvalue weighted by molar-refractivity contribution is 5.78. The minimum atomic E-state index is 0.0188. The first-order valence-corrected chi connectivity index (χ1v) is 5.91. The van der Waals surface area contributed by atoms with Gasteiger partial charge in [-0.2, -0.15) is 5.26 Å². The summed E-state index contributed by atoms with van der Waals surface area (Å²) in [5.41, 5.74) is 0.559. The summed E-state index contributed by atoms with van der Waals surface area (Å²) in [5, 5.41) is 8.47. The molecule has 1 saturated carbocycles. The van der Waals surface area contributed by atoms with E-state index in [1.165, 1.54) is 25.7 Å². The number of nitriles is 1. The van der Waals surface area contributed by atoms with E-state index in [2.05, 4.69) is 0 Å². The Labute approximate surface area is 91.1 Å². The summed E-state index contributed by atoms with van der Waals surface area (Å²) in [6, 6.07) is 1.93. The molecule has 2 aliphatic rings. The lowest BCUT2D eigenvalue weighted by atomic mass is 9.77. The second-order valence-corrected chi connectivity index (χ2v) is 4.92. The van der Waals surface area contributed by atoms with E-state index in [1.807, 2.05) is 11.0 Å². The van der Waals surface area contributed by atoms with E-state index in [9.17, 15) is 4.79 Å². The average Bonchev–Trinajstić information content (AvgIpc) is 2.68. The van der Waals surface area contributed by atoms with Crippen LogP contribution in [-0.2, 0) is 4.79 Å². The molecule has 3 nitrogen and oxygen atoms in total. The monoisotopic (exact) mass is 206 g/mol. The summed E-state index contributed by atoms with van der Waals surface area (Å²) in [7, 11) is 0. The third-order valence-electron chi connectivity index (χ3n) is 4.07. The molecule has 0 atom stereocenters. The number of rotatable bonds is 1. The van der Waals surface area contributed by atoms with Gasteiger partial charge in [-0.25, -0.2) is 0 Å². The van der Waals surface area contributed by atoms with Crippen LogP contribution in [0.15, 0.2) is 0 Å². The van der Waals surface area contributed by atoms with Crippen molar-refractivity contribution in [2.75, 3.05) is 13.1 Å². The minimum Gasteiger partial charge on any atom is -0.342 e. The summed E-state index contributed by atoms with van der Waals surface area (Å²) in [4.78, 5) is 13.4. The van der Waals surface area contributed by atoms with Crippen LogP contribution in [0.5, 0.6) is 0 Å². The number of amides is 1. The Morgan fingerprint density at radius 3 is 2.33 bits per heavy atom. The molecule has 2 fully saturated rings. The number of nitrogens with zero attached hydrogens (tertiary/aromatic N) is 2. The molecule has 1 spiro atoms. The predicted octanol–water partition coefficient (Wildman–Crippen LogP) is 2.08. The second-order valence-electron chi connectivity index (χ2n) is 4.92. The fourth-order valence-corrected chi connectivity index (χ4v) is 3.03. The Kier molecular flexibility index (Phi) is 2.95. The number of carbonyl (C=O) groups is 1. The summed E-state index contributed by atoms with van der Waals surface area (Å²) < 4.78 is 0. The van der Waals surface area contributed by atoms with Crippen molar-refractivity contribution in [1.82, 2.24) is 4.90 Å². The molecule has 15 heavy (non-hydrogen) atoms. The van der Waals surface area contributed by atoms with Crippen LogP contribution >= 0.6 is 0 Å². The molecule has 0 radical (unpaired) electrons. The smallest absolute Gasteiger partial charge is 0.236 e. The molecule has 0 bridgehead atoms. The Morgan fingerprint density at radius 1 is 1.20 bits per heavy atom. The van der Waals surface area contributed by atoms with Gasteiger partial charge in [-0.15, -0.1) is 0 Å². The lowest BCUT2D eigenvalue weighted by Crippen LogP contribution is -2.42. The number of piperidine rings is 1. The lowest BCUT2D eigenvalue weighted by molar-refractivity contribution is -0.132. The Hall–Kier alpha value is -1.04. The summed E-state index contributed by atoms with van der Waals surface area (Å²) in [5.74, 6) is 0.0188. The maximum atomic E-state index is 11.5. The number of hydrogen-bond donors (Lipinski definition) is 0.